The summed E-state index contributed by atoms with van der Waals surface area (Å²) in [5.41, 5.74) is 0.0443. The molecule has 190 valence electrons. The van der Waals surface area contributed by atoms with Crippen LogP contribution in [-0.4, -0.2) is 24.6 Å². The van der Waals surface area contributed by atoms with Crippen LogP contribution >= 0.6 is 0 Å². The number of unbranched alkanes of at least 4 members (excludes halogenated alkanes) is 2. The summed E-state index contributed by atoms with van der Waals surface area (Å²) < 4.78 is 28.4. The molecule has 0 spiro atoms. The molecule has 0 saturated carbocycles. The first kappa shape index (κ1) is 28.2. The number of nitrogens with one attached hydrogen (secondary N) is 1. The molecular weight excluding hydrogens is 466 g/mol. The standard InChI is InChI=1S/C25H35N5O4S/c1-5-8-10-19(7-3)17-30-24(31)22(16-26)18(4)23(25(30)32)29-28-20-11-13-21(14-12-20)35(33,34)27-15-9-6-2/h11-14,19,27,31H,5-10,15,17H2,1-4H3. The van der Waals surface area contributed by atoms with E-state index in [2.05, 4.69) is 21.9 Å². The van der Waals surface area contributed by atoms with Gasteiger partial charge in [-0.1, -0.05) is 46.5 Å². The molecule has 0 aliphatic rings. The molecule has 1 atom stereocenters. The van der Waals surface area contributed by atoms with Gasteiger partial charge in [0.15, 0.2) is 5.69 Å². The molecule has 10 heteroatoms. The molecule has 9 nitrogen and oxygen atoms in total. The smallest absolute Gasteiger partial charge is 0.281 e. The van der Waals surface area contributed by atoms with Crippen molar-refractivity contribution in [1.82, 2.24) is 9.29 Å². The monoisotopic (exact) mass is 501 g/mol. The highest BCUT2D eigenvalue weighted by molar-refractivity contribution is 7.89. The van der Waals surface area contributed by atoms with E-state index in [4.69, 9.17) is 0 Å². The van der Waals surface area contributed by atoms with Gasteiger partial charge in [0.25, 0.3) is 5.56 Å². The van der Waals surface area contributed by atoms with Gasteiger partial charge in [-0.3, -0.25) is 9.36 Å². The van der Waals surface area contributed by atoms with Crippen molar-refractivity contribution < 1.29 is 13.5 Å². The lowest BCUT2D eigenvalue weighted by Crippen LogP contribution is -2.25. The van der Waals surface area contributed by atoms with E-state index in [9.17, 15) is 23.6 Å². The summed E-state index contributed by atoms with van der Waals surface area (Å²) in [6, 6.07) is 7.80. The number of azo groups is 1. The maximum Gasteiger partial charge on any atom is 0.281 e. The first-order chi connectivity index (χ1) is 16.7. The number of pyridine rings is 1. The zero-order valence-electron chi connectivity index (χ0n) is 20.9. The molecule has 2 aromatic rings. The van der Waals surface area contributed by atoms with Crippen molar-refractivity contribution in [2.75, 3.05) is 6.54 Å². The summed E-state index contributed by atoms with van der Waals surface area (Å²) in [5, 5.41) is 28.4. The second-order valence-corrected chi connectivity index (χ2v) is 10.3. The van der Waals surface area contributed by atoms with Crippen LogP contribution in [0.3, 0.4) is 0 Å². The molecule has 1 aromatic carbocycles. The molecule has 2 N–H and O–H groups in total. The number of hydrogen-bond acceptors (Lipinski definition) is 7. The first-order valence-corrected chi connectivity index (χ1v) is 13.6. The summed E-state index contributed by atoms with van der Waals surface area (Å²) in [4.78, 5) is 13.3. The van der Waals surface area contributed by atoms with Crippen molar-refractivity contribution in [3.05, 3.63) is 45.7 Å². The van der Waals surface area contributed by atoms with Gasteiger partial charge in [0.1, 0.15) is 11.6 Å². The Bertz CT molecular complexity index is 1230. The molecule has 1 heterocycles. The number of benzene rings is 1. The average molecular weight is 502 g/mol. The molecule has 0 aliphatic heterocycles. The predicted octanol–water partition coefficient (Wildman–Crippen LogP) is 5.44. The van der Waals surface area contributed by atoms with Crippen molar-refractivity contribution in [3.8, 4) is 11.9 Å². The fourth-order valence-corrected chi connectivity index (χ4v) is 4.74. The van der Waals surface area contributed by atoms with Gasteiger partial charge in [-0.25, -0.2) is 13.1 Å². The summed E-state index contributed by atoms with van der Waals surface area (Å²) in [5.74, 6) is -0.174. The lowest BCUT2D eigenvalue weighted by Gasteiger charge is -2.19. The Morgan fingerprint density at radius 1 is 1.11 bits per heavy atom. The SMILES string of the molecule is CCCCNS(=O)(=O)c1ccc(N=Nc2c(C)c(C#N)c(O)n(CC(CC)CCCC)c2=O)cc1. The van der Waals surface area contributed by atoms with E-state index >= 15 is 0 Å². The Labute approximate surface area is 207 Å². The van der Waals surface area contributed by atoms with Crippen molar-refractivity contribution in [2.24, 2.45) is 16.1 Å². The lowest BCUT2D eigenvalue weighted by molar-refractivity contribution is 0.339. The maximum atomic E-state index is 13.2. The predicted molar refractivity (Wildman–Crippen MR) is 136 cm³/mol. The highest BCUT2D eigenvalue weighted by Gasteiger charge is 2.21. The molecular formula is C25H35N5O4S. The topological polar surface area (TPSA) is 137 Å². The molecule has 0 radical (unpaired) electrons. The molecule has 35 heavy (non-hydrogen) atoms. The molecule has 0 saturated heterocycles. The van der Waals surface area contributed by atoms with Gasteiger partial charge in [-0.2, -0.15) is 10.4 Å². The summed E-state index contributed by atoms with van der Waals surface area (Å²) in [7, 11) is -3.61. The number of rotatable bonds is 13. The largest absolute Gasteiger partial charge is 0.493 e. The molecule has 0 amide bonds. The minimum Gasteiger partial charge on any atom is -0.493 e. The maximum absolute atomic E-state index is 13.2. The fraction of sp³-hybridized carbons (Fsp3) is 0.520. The van der Waals surface area contributed by atoms with Crippen LogP contribution in [0.25, 0.3) is 0 Å². The second kappa shape index (κ2) is 13.2. The highest BCUT2D eigenvalue weighted by atomic mass is 32.2. The van der Waals surface area contributed by atoms with Gasteiger partial charge in [-0.15, -0.1) is 5.11 Å². The molecule has 1 aromatic heterocycles. The number of aromatic nitrogens is 1. The number of sulfonamides is 1. The zero-order valence-corrected chi connectivity index (χ0v) is 21.7. The molecule has 0 fully saturated rings. The Balaban J connectivity index is 2.38. The van der Waals surface area contributed by atoms with E-state index in [0.29, 0.717) is 12.2 Å². The van der Waals surface area contributed by atoms with Crippen LogP contribution in [0, 0.1) is 24.2 Å². The minimum absolute atomic E-state index is 0.0107. The summed E-state index contributed by atoms with van der Waals surface area (Å²) in [6.07, 6.45) is 5.42. The highest BCUT2D eigenvalue weighted by Crippen LogP contribution is 2.28. The van der Waals surface area contributed by atoms with Gasteiger partial charge < -0.3 is 5.11 Å². The number of aromatic hydroxyl groups is 1. The van der Waals surface area contributed by atoms with E-state index in [1.807, 2.05) is 19.9 Å². The normalized spacial score (nSPS) is 12.7. The third-order valence-corrected chi connectivity index (χ3v) is 7.46. The molecule has 1 unspecified atom stereocenters. The first-order valence-electron chi connectivity index (χ1n) is 12.1. The van der Waals surface area contributed by atoms with Crippen molar-refractivity contribution in [3.63, 3.8) is 0 Å². The molecule has 2 rings (SSSR count). The van der Waals surface area contributed by atoms with Gasteiger partial charge in [0.2, 0.25) is 15.9 Å². The Hall–Kier alpha value is -3.03. The van der Waals surface area contributed by atoms with Crippen molar-refractivity contribution in [2.45, 2.75) is 77.7 Å². The fourth-order valence-electron chi connectivity index (χ4n) is 3.67. The Kier molecular flexibility index (Phi) is 10.6. The van der Waals surface area contributed by atoms with Gasteiger partial charge in [0.05, 0.1) is 10.6 Å². The third-order valence-electron chi connectivity index (χ3n) is 5.99. The number of nitriles is 1. The minimum atomic E-state index is -3.61. The average Bonchev–Trinajstić information content (AvgIpc) is 2.84. The zero-order chi connectivity index (χ0) is 26.0. The lowest BCUT2D eigenvalue weighted by atomic mass is 9.99. The van der Waals surface area contributed by atoms with Crippen molar-refractivity contribution in [1.29, 1.82) is 5.26 Å². The summed E-state index contributed by atoms with van der Waals surface area (Å²) in [6.45, 7) is 8.31. The van der Waals surface area contributed by atoms with Crippen LogP contribution in [0.1, 0.15) is 70.4 Å². The molecule has 0 bridgehead atoms. The number of nitrogens with zero attached hydrogens (tertiary/aromatic N) is 4. The third kappa shape index (κ3) is 7.23. The van der Waals surface area contributed by atoms with Crippen LogP contribution in [0.15, 0.2) is 44.2 Å². The van der Waals surface area contributed by atoms with Crippen LogP contribution in [0.4, 0.5) is 11.4 Å². The van der Waals surface area contributed by atoms with E-state index in [1.165, 1.54) is 28.8 Å². The van der Waals surface area contributed by atoms with E-state index < -0.39 is 15.6 Å². The van der Waals surface area contributed by atoms with Crippen molar-refractivity contribution >= 4 is 21.4 Å². The van der Waals surface area contributed by atoms with Crippen LogP contribution in [0.5, 0.6) is 5.88 Å². The molecule has 0 aliphatic carbocycles. The van der Waals surface area contributed by atoms with E-state index in [0.717, 1.165) is 38.5 Å². The van der Waals surface area contributed by atoms with E-state index in [-0.39, 0.29) is 40.1 Å². The van der Waals surface area contributed by atoms with Gasteiger partial charge in [-0.05, 0) is 49.9 Å². The van der Waals surface area contributed by atoms with Gasteiger partial charge in [0, 0.05) is 18.7 Å². The quantitative estimate of drug-likeness (QED) is 0.278. The summed E-state index contributed by atoms with van der Waals surface area (Å²) >= 11 is 0. The Morgan fingerprint density at radius 2 is 1.77 bits per heavy atom. The Morgan fingerprint density at radius 3 is 2.34 bits per heavy atom. The second-order valence-electron chi connectivity index (χ2n) is 8.56. The number of hydrogen-bond donors (Lipinski definition) is 2. The van der Waals surface area contributed by atoms with Crippen LogP contribution in [-0.2, 0) is 16.6 Å². The van der Waals surface area contributed by atoms with E-state index in [1.54, 1.807) is 6.92 Å². The van der Waals surface area contributed by atoms with Crippen LogP contribution < -0.4 is 10.3 Å². The van der Waals surface area contributed by atoms with Gasteiger partial charge >= 0.3 is 0 Å². The van der Waals surface area contributed by atoms with Crippen LogP contribution in [0.2, 0.25) is 0 Å².